The zero-order valence-electron chi connectivity index (χ0n) is 10.4. The number of rotatable bonds is 4. The third kappa shape index (κ3) is 3.63. The van der Waals surface area contributed by atoms with Crippen LogP contribution in [-0.2, 0) is 0 Å². The Balaban J connectivity index is 1.96. The van der Waals surface area contributed by atoms with Gasteiger partial charge in [-0.2, -0.15) is 0 Å². The molecule has 0 saturated carbocycles. The van der Waals surface area contributed by atoms with E-state index in [0.29, 0.717) is 0 Å². The maximum atomic E-state index is 5.11. The van der Waals surface area contributed by atoms with Crippen LogP contribution in [0.2, 0.25) is 0 Å². The quantitative estimate of drug-likeness (QED) is 0.714. The standard InChI is InChI=1S/C17H16O/c1-18-17-13-11-16(12-14-17)10-6-5-9-15-7-3-2-4-8-15/h2-14H,1H3. The first-order chi connectivity index (χ1) is 8.88. The molecule has 90 valence electrons. The first-order valence-electron chi connectivity index (χ1n) is 5.92. The molecule has 2 aromatic carbocycles. The van der Waals surface area contributed by atoms with Gasteiger partial charge in [-0.1, -0.05) is 66.8 Å². The van der Waals surface area contributed by atoms with E-state index in [1.165, 1.54) is 5.56 Å². The van der Waals surface area contributed by atoms with E-state index in [4.69, 9.17) is 4.74 Å². The lowest BCUT2D eigenvalue weighted by Crippen LogP contribution is -1.81. The summed E-state index contributed by atoms with van der Waals surface area (Å²) in [5.41, 5.74) is 2.37. The van der Waals surface area contributed by atoms with Crippen LogP contribution in [0.3, 0.4) is 0 Å². The summed E-state index contributed by atoms with van der Waals surface area (Å²) in [5, 5.41) is 0. The summed E-state index contributed by atoms with van der Waals surface area (Å²) in [6.07, 6.45) is 8.23. The Labute approximate surface area is 108 Å². The van der Waals surface area contributed by atoms with Crippen molar-refractivity contribution in [3.05, 3.63) is 77.9 Å². The van der Waals surface area contributed by atoms with Crippen molar-refractivity contribution in [3.8, 4) is 5.75 Å². The normalized spacial score (nSPS) is 11.2. The molecule has 2 aromatic rings. The van der Waals surface area contributed by atoms with E-state index in [-0.39, 0.29) is 0 Å². The van der Waals surface area contributed by atoms with Gasteiger partial charge >= 0.3 is 0 Å². The first kappa shape index (κ1) is 12.2. The van der Waals surface area contributed by atoms with E-state index in [9.17, 15) is 0 Å². The van der Waals surface area contributed by atoms with Crippen molar-refractivity contribution in [2.45, 2.75) is 0 Å². The van der Waals surface area contributed by atoms with Gasteiger partial charge in [-0.05, 0) is 23.3 Å². The molecule has 0 aromatic heterocycles. The second-order valence-corrected chi connectivity index (χ2v) is 3.90. The van der Waals surface area contributed by atoms with Gasteiger partial charge in [-0.25, -0.2) is 0 Å². The summed E-state index contributed by atoms with van der Waals surface area (Å²) in [4.78, 5) is 0. The highest BCUT2D eigenvalue weighted by atomic mass is 16.5. The summed E-state index contributed by atoms with van der Waals surface area (Å²) in [6.45, 7) is 0. The largest absolute Gasteiger partial charge is 0.497 e. The highest BCUT2D eigenvalue weighted by Gasteiger charge is 1.88. The summed E-state index contributed by atoms with van der Waals surface area (Å²) in [5.74, 6) is 0.881. The van der Waals surface area contributed by atoms with Crippen LogP contribution < -0.4 is 4.74 Å². The second-order valence-electron chi connectivity index (χ2n) is 3.90. The molecule has 1 heteroatoms. The van der Waals surface area contributed by atoms with Crippen LogP contribution in [0.4, 0.5) is 0 Å². The Morgan fingerprint density at radius 3 is 1.83 bits per heavy atom. The fraction of sp³-hybridized carbons (Fsp3) is 0.0588. The minimum atomic E-state index is 0.881. The smallest absolute Gasteiger partial charge is 0.118 e. The molecule has 0 aliphatic rings. The highest BCUT2D eigenvalue weighted by molar-refractivity contribution is 5.57. The van der Waals surface area contributed by atoms with E-state index in [1.807, 2.05) is 54.6 Å². The third-order valence-electron chi connectivity index (χ3n) is 2.60. The number of hydrogen-bond donors (Lipinski definition) is 0. The second kappa shape index (κ2) is 6.45. The predicted molar refractivity (Wildman–Crippen MR) is 77.5 cm³/mol. The summed E-state index contributed by atoms with van der Waals surface area (Å²) in [7, 11) is 1.67. The van der Waals surface area contributed by atoms with Crippen molar-refractivity contribution in [2.24, 2.45) is 0 Å². The lowest BCUT2D eigenvalue weighted by Gasteiger charge is -1.98. The highest BCUT2D eigenvalue weighted by Crippen LogP contribution is 2.12. The summed E-state index contributed by atoms with van der Waals surface area (Å²) in [6, 6.07) is 18.2. The monoisotopic (exact) mass is 236 g/mol. The molecule has 0 heterocycles. The van der Waals surface area contributed by atoms with Crippen molar-refractivity contribution in [2.75, 3.05) is 7.11 Å². The maximum Gasteiger partial charge on any atom is 0.118 e. The molecule has 0 bridgehead atoms. The Hall–Kier alpha value is -2.28. The van der Waals surface area contributed by atoms with Crippen molar-refractivity contribution in [1.29, 1.82) is 0 Å². The van der Waals surface area contributed by atoms with Gasteiger partial charge in [0.15, 0.2) is 0 Å². The zero-order valence-corrected chi connectivity index (χ0v) is 10.4. The van der Waals surface area contributed by atoms with Crippen molar-refractivity contribution < 1.29 is 4.74 Å². The van der Waals surface area contributed by atoms with E-state index in [2.05, 4.69) is 24.3 Å². The first-order valence-corrected chi connectivity index (χ1v) is 5.92. The molecule has 0 saturated heterocycles. The summed E-state index contributed by atoms with van der Waals surface area (Å²) < 4.78 is 5.11. The summed E-state index contributed by atoms with van der Waals surface area (Å²) >= 11 is 0. The number of methoxy groups -OCH3 is 1. The van der Waals surface area contributed by atoms with Gasteiger partial charge in [0.05, 0.1) is 7.11 Å². The van der Waals surface area contributed by atoms with Crippen LogP contribution in [0.5, 0.6) is 5.75 Å². The minimum Gasteiger partial charge on any atom is -0.497 e. The zero-order chi connectivity index (χ0) is 12.6. The van der Waals surface area contributed by atoms with Gasteiger partial charge in [0, 0.05) is 0 Å². The molecular formula is C17H16O. The number of allylic oxidation sites excluding steroid dienone is 2. The van der Waals surface area contributed by atoms with Gasteiger partial charge in [0.1, 0.15) is 5.75 Å². The topological polar surface area (TPSA) is 9.23 Å². The average Bonchev–Trinajstić information content (AvgIpc) is 2.45. The van der Waals surface area contributed by atoms with Gasteiger partial charge < -0.3 is 4.74 Å². The molecule has 18 heavy (non-hydrogen) atoms. The van der Waals surface area contributed by atoms with Crippen LogP contribution >= 0.6 is 0 Å². The van der Waals surface area contributed by atoms with Gasteiger partial charge in [-0.3, -0.25) is 0 Å². The average molecular weight is 236 g/mol. The molecule has 0 unspecified atom stereocenters. The van der Waals surface area contributed by atoms with E-state index >= 15 is 0 Å². The predicted octanol–water partition coefficient (Wildman–Crippen LogP) is 4.42. The SMILES string of the molecule is COc1ccc(C=CC=Cc2ccccc2)cc1. The van der Waals surface area contributed by atoms with E-state index in [0.717, 1.165) is 11.3 Å². The Morgan fingerprint density at radius 1 is 0.722 bits per heavy atom. The molecule has 0 N–H and O–H groups in total. The number of benzene rings is 2. The fourth-order valence-electron chi connectivity index (χ4n) is 1.61. The van der Waals surface area contributed by atoms with Crippen molar-refractivity contribution in [3.63, 3.8) is 0 Å². The molecular weight excluding hydrogens is 220 g/mol. The van der Waals surface area contributed by atoms with Gasteiger partial charge in [0.2, 0.25) is 0 Å². The number of hydrogen-bond acceptors (Lipinski definition) is 1. The minimum absolute atomic E-state index is 0.881. The van der Waals surface area contributed by atoms with Gasteiger partial charge in [-0.15, -0.1) is 0 Å². The Kier molecular flexibility index (Phi) is 4.37. The van der Waals surface area contributed by atoms with Crippen molar-refractivity contribution in [1.82, 2.24) is 0 Å². The molecule has 0 atom stereocenters. The molecule has 1 nitrogen and oxygen atoms in total. The number of ether oxygens (including phenoxy) is 1. The molecule has 2 rings (SSSR count). The van der Waals surface area contributed by atoms with Crippen LogP contribution in [-0.4, -0.2) is 7.11 Å². The Bertz CT molecular complexity index is 521. The molecule has 0 spiro atoms. The van der Waals surface area contributed by atoms with Crippen LogP contribution in [0.15, 0.2) is 66.7 Å². The van der Waals surface area contributed by atoms with E-state index in [1.54, 1.807) is 7.11 Å². The maximum absolute atomic E-state index is 5.11. The van der Waals surface area contributed by atoms with Crippen LogP contribution in [0, 0.1) is 0 Å². The van der Waals surface area contributed by atoms with Gasteiger partial charge in [0.25, 0.3) is 0 Å². The third-order valence-corrected chi connectivity index (χ3v) is 2.60. The molecule has 0 radical (unpaired) electrons. The van der Waals surface area contributed by atoms with Crippen molar-refractivity contribution >= 4 is 12.2 Å². The Morgan fingerprint density at radius 2 is 1.28 bits per heavy atom. The molecule has 0 aliphatic heterocycles. The molecule has 0 aliphatic carbocycles. The lowest BCUT2D eigenvalue weighted by atomic mass is 10.2. The fourth-order valence-corrected chi connectivity index (χ4v) is 1.61. The van der Waals surface area contributed by atoms with E-state index < -0.39 is 0 Å². The lowest BCUT2D eigenvalue weighted by molar-refractivity contribution is 0.415. The molecule has 0 amide bonds. The van der Waals surface area contributed by atoms with Crippen LogP contribution in [0.1, 0.15) is 11.1 Å². The van der Waals surface area contributed by atoms with Crippen LogP contribution in [0.25, 0.3) is 12.2 Å². The molecule has 0 fully saturated rings.